The van der Waals surface area contributed by atoms with Crippen LogP contribution < -0.4 is 10.6 Å². The fourth-order valence-electron chi connectivity index (χ4n) is 3.77. The van der Waals surface area contributed by atoms with Gasteiger partial charge in [-0.25, -0.2) is 14.2 Å². The normalized spacial score (nSPS) is 21.0. The van der Waals surface area contributed by atoms with Crippen molar-refractivity contribution in [3.63, 3.8) is 0 Å². The van der Waals surface area contributed by atoms with Gasteiger partial charge in [-0.2, -0.15) is 0 Å². The van der Waals surface area contributed by atoms with Crippen LogP contribution in [0.2, 0.25) is 0 Å². The zero-order valence-electron chi connectivity index (χ0n) is 21.0. The summed E-state index contributed by atoms with van der Waals surface area (Å²) in [6, 6.07) is 0. The number of alkyl carbamates (subject to hydrolysis) is 1. The summed E-state index contributed by atoms with van der Waals surface area (Å²) < 4.78 is 10.5. The number of fused-ring (bicyclic) bond motifs is 1. The van der Waals surface area contributed by atoms with Gasteiger partial charge in [-0.1, -0.05) is 33.4 Å². The van der Waals surface area contributed by atoms with Gasteiger partial charge in [0.2, 0.25) is 11.8 Å². The number of nitrogens with one attached hydrogen (secondary N) is 2. The molecule has 2 aromatic rings. The summed E-state index contributed by atoms with van der Waals surface area (Å²) in [5.41, 5.74) is 0.312. The van der Waals surface area contributed by atoms with Crippen LogP contribution in [0.5, 0.6) is 0 Å². The molecule has 0 aliphatic carbocycles. The van der Waals surface area contributed by atoms with Crippen molar-refractivity contribution in [3.8, 4) is 0 Å². The molecule has 204 valence electrons. The third-order valence-electron chi connectivity index (χ3n) is 5.28. The summed E-state index contributed by atoms with van der Waals surface area (Å²) in [7, 11) is 0. The van der Waals surface area contributed by atoms with Crippen molar-refractivity contribution in [2.45, 2.75) is 67.8 Å². The molecule has 1 fully saturated rings. The van der Waals surface area contributed by atoms with E-state index in [2.05, 4.69) is 31.1 Å². The second-order valence-electron chi connectivity index (χ2n) is 9.31. The maximum Gasteiger partial charge on any atom is 0.408 e. The number of carbonyl (C=O) groups is 4. The Morgan fingerprint density at radius 3 is 2.58 bits per heavy atom. The molecule has 1 saturated heterocycles. The molecule has 3 atom stereocenters. The Bertz CT molecular complexity index is 1300. The van der Waals surface area contributed by atoms with Gasteiger partial charge in [-0.15, -0.1) is 22.0 Å². The van der Waals surface area contributed by atoms with Crippen molar-refractivity contribution in [2.75, 3.05) is 5.75 Å². The van der Waals surface area contributed by atoms with Crippen LogP contribution in [0.1, 0.15) is 50.0 Å². The van der Waals surface area contributed by atoms with E-state index in [0.717, 1.165) is 0 Å². The highest BCUT2D eigenvalue weighted by molar-refractivity contribution is 8.02. The molecule has 2 aromatic heterocycles. The Hall–Kier alpha value is -3.18. The van der Waals surface area contributed by atoms with E-state index in [-0.39, 0.29) is 23.9 Å². The van der Waals surface area contributed by atoms with Crippen LogP contribution in [-0.4, -0.2) is 76.5 Å². The van der Waals surface area contributed by atoms with Gasteiger partial charge in [-0.05, 0) is 27.7 Å². The first-order valence-corrected chi connectivity index (χ1v) is 14.0. The van der Waals surface area contributed by atoms with Gasteiger partial charge in [0, 0.05) is 18.2 Å². The molecule has 0 bridgehead atoms. The van der Waals surface area contributed by atoms with Gasteiger partial charge in [0.1, 0.15) is 44.4 Å². The van der Waals surface area contributed by atoms with E-state index < -0.39 is 40.2 Å². The zero-order chi connectivity index (χ0) is 27.8. The van der Waals surface area contributed by atoms with Crippen LogP contribution in [0.3, 0.4) is 0 Å². The molecule has 17 heteroatoms. The summed E-state index contributed by atoms with van der Waals surface area (Å²) in [4.78, 5) is 50.5. The van der Waals surface area contributed by atoms with Crippen LogP contribution in [0.25, 0.3) is 0 Å². The number of thioether (sulfide) groups is 2. The molecule has 2 unspecified atom stereocenters. The standard InChI is InChI=1S/C21H25N7O7S3/c1-8-13(27-35-26-8)12-16(30)28-14(18(31)32)10(15(23-9(2)29)38-17(12)28)7-36-20-25-24-11(37-20)6-22-19(33)34-21(3,4)5/h12,15,17H,6-7H2,1-5H3,(H,22,33)(H,23,29)(H,31,32)/t12?,15?,17-/m1/s1. The number of aliphatic carboxylic acids is 1. The molecular formula is C21H25N7O7S3. The van der Waals surface area contributed by atoms with E-state index in [1.807, 2.05) is 0 Å². The van der Waals surface area contributed by atoms with Gasteiger partial charge in [0.25, 0.3) is 0 Å². The summed E-state index contributed by atoms with van der Waals surface area (Å²) in [5.74, 6) is -2.69. The van der Waals surface area contributed by atoms with Crippen molar-refractivity contribution < 1.29 is 33.7 Å². The summed E-state index contributed by atoms with van der Waals surface area (Å²) in [6.45, 7) is 8.37. The Balaban J connectivity index is 1.51. The topological polar surface area (TPSA) is 190 Å². The number of carboxylic acid groups (broad SMARTS) is 1. The van der Waals surface area contributed by atoms with Crippen LogP contribution in [0, 0.1) is 6.92 Å². The minimum atomic E-state index is -1.29. The molecule has 0 radical (unpaired) electrons. The van der Waals surface area contributed by atoms with E-state index in [0.29, 0.717) is 26.3 Å². The fraction of sp³-hybridized carbons (Fsp3) is 0.524. The molecular weight excluding hydrogens is 558 g/mol. The number of ether oxygens (including phenoxy) is 1. The largest absolute Gasteiger partial charge is 0.477 e. The van der Waals surface area contributed by atoms with E-state index in [9.17, 15) is 24.3 Å². The van der Waals surface area contributed by atoms with Gasteiger partial charge >= 0.3 is 12.1 Å². The van der Waals surface area contributed by atoms with Crippen molar-refractivity contribution in [1.82, 2.24) is 36.0 Å². The third-order valence-corrected chi connectivity index (χ3v) is 8.82. The minimum Gasteiger partial charge on any atom is -0.477 e. The molecule has 14 nitrogen and oxygen atoms in total. The smallest absolute Gasteiger partial charge is 0.408 e. The summed E-state index contributed by atoms with van der Waals surface area (Å²) in [6.07, 6.45) is -0.584. The zero-order valence-corrected chi connectivity index (χ0v) is 23.5. The van der Waals surface area contributed by atoms with Crippen LogP contribution in [0.15, 0.2) is 20.2 Å². The van der Waals surface area contributed by atoms with E-state index >= 15 is 0 Å². The Morgan fingerprint density at radius 2 is 1.97 bits per heavy atom. The number of β-lactam (4-membered cyclic amide) rings is 1. The fourth-order valence-corrected chi connectivity index (χ4v) is 7.38. The third kappa shape index (κ3) is 5.94. The average Bonchev–Trinajstić information content (AvgIpc) is 3.43. The Kier molecular flexibility index (Phi) is 7.98. The van der Waals surface area contributed by atoms with E-state index in [1.165, 1.54) is 46.7 Å². The first-order chi connectivity index (χ1) is 17.9. The van der Waals surface area contributed by atoms with Crippen molar-refractivity contribution >= 4 is 58.7 Å². The molecule has 2 aliphatic rings. The highest BCUT2D eigenvalue weighted by Gasteiger charge is 2.58. The molecule has 0 saturated carbocycles. The van der Waals surface area contributed by atoms with Crippen molar-refractivity contribution in [2.24, 2.45) is 0 Å². The second-order valence-corrected chi connectivity index (χ2v) is 12.8. The van der Waals surface area contributed by atoms with E-state index in [4.69, 9.17) is 9.37 Å². The van der Waals surface area contributed by atoms with Crippen molar-refractivity contribution in [1.29, 1.82) is 0 Å². The minimum absolute atomic E-state index is 0.113. The van der Waals surface area contributed by atoms with Crippen LogP contribution in [-0.2, 0) is 25.7 Å². The molecule has 38 heavy (non-hydrogen) atoms. The highest BCUT2D eigenvalue weighted by atomic mass is 32.2. The van der Waals surface area contributed by atoms with Gasteiger partial charge in [0.15, 0.2) is 4.34 Å². The monoisotopic (exact) mass is 583 g/mol. The number of aryl methyl sites for hydroxylation is 1. The first kappa shape index (κ1) is 27.8. The summed E-state index contributed by atoms with van der Waals surface area (Å²) in [5, 5.41) is 30.4. The van der Waals surface area contributed by atoms with Gasteiger partial charge in [-0.3, -0.25) is 14.5 Å². The van der Waals surface area contributed by atoms with Crippen LogP contribution in [0.4, 0.5) is 4.79 Å². The Labute approximate surface area is 229 Å². The molecule has 3 amide bonds. The summed E-state index contributed by atoms with van der Waals surface area (Å²) >= 11 is 3.68. The second kappa shape index (κ2) is 10.9. The average molecular weight is 584 g/mol. The highest BCUT2D eigenvalue weighted by Crippen LogP contribution is 2.51. The number of amides is 3. The van der Waals surface area contributed by atoms with E-state index in [1.54, 1.807) is 27.7 Å². The lowest BCUT2D eigenvalue weighted by Gasteiger charge is -2.50. The molecule has 3 N–H and O–H groups in total. The number of carbonyl (C=O) groups excluding carboxylic acids is 3. The van der Waals surface area contributed by atoms with Gasteiger partial charge in [0.05, 0.1) is 6.54 Å². The van der Waals surface area contributed by atoms with Crippen LogP contribution >= 0.6 is 34.9 Å². The lowest BCUT2D eigenvalue weighted by atomic mass is 9.91. The number of rotatable bonds is 8. The maximum atomic E-state index is 13.1. The lowest BCUT2D eigenvalue weighted by molar-refractivity contribution is -0.148. The van der Waals surface area contributed by atoms with Crippen molar-refractivity contribution in [3.05, 3.63) is 27.7 Å². The maximum absolute atomic E-state index is 13.1. The predicted octanol–water partition coefficient (Wildman–Crippen LogP) is 1.85. The number of hydrogen-bond acceptors (Lipinski definition) is 13. The molecule has 2 aliphatic heterocycles. The molecule has 0 spiro atoms. The molecule has 0 aromatic carbocycles. The number of aromatic nitrogens is 4. The van der Waals surface area contributed by atoms with Gasteiger partial charge < -0.3 is 20.5 Å². The Morgan fingerprint density at radius 1 is 1.24 bits per heavy atom. The lowest BCUT2D eigenvalue weighted by Crippen LogP contribution is -2.62. The predicted molar refractivity (Wildman–Crippen MR) is 136 cm³/mol. The first-order valence-electron chi connectivity index (χ1n) is 11.3. The SMILES string of the molecule is CC(=O)NC1S[C@@H]2C(c3nonc3C)C(=O)N2C(C(=O)O)=C1CSc1nnc(CNC(=O)OC(C)(C)C)s1. The number of nitrogens with zero attached hydrogens (tertiary/aromatic N) is 5. The molecule has 4 rings (SSSR count). The number of carboxylic acids is 1. The quantitative estimate of drug-likeness (QED) is 0.302. The number of hydrogen-bond donors (Lipinski definition) is 3. The molecule has 4 heterocycles.